The SMILES string of the molecule is CC1CCCC(CO)(NC(=O)CCNC(C)C)C1. The fourth-order valence-electron chi connectivity index (χ4n) is 2.79. The molecule has 0 aromatic carbocycles. The van der Waals surface area contributed by atoms with Gasteiger partial charge in [0.05, 0.1) is 12.1 Å². The van der Waals surface area contributed by atoms with Gasteiger partial charge in [-0.2, -0.15) is 0 Å². The van der Waals surface area contributed by atoms with Crippen LogP contribution in [-0.4, -0.2) is 35.7 Å². The maximum Gasteiger partial charge on any atom is 0.221 e. The van der Waals surface area contributed by atoms with Crippen LogP contribution in [0.1, 0.15) is 52.9 Å². The molecule has 3 N–H and O–H groups in total. The zero-order valence-corrected chi connectivity index (χ0v) is 12.0. The van der Waals surface area contributed by atoms with Crippen LogP contribution >= 0.6 is 0 Å². The normalized spacial score (nSPS) is 28.4. The molecule has 1 aliphatic rings. The third kappa shape index (κ3) is 4.94. The fraction of sp³-hybridized carbons (Fsp3) is 0.929. The second-order valence-electron chi connectivity index (χ2n) is 6.05. The monoisotopic (exact) mass is 256 g/mol. The van der Waals surface area contributed by atoms with E-state index in [1.54, 1.807) is 0 Å². The molecule has 0 heterocycles. The van der Waals surface area contributed by atoms with E-state index in [2.05, 4.69) is 31.4 Å². The fourth-order valence-corrected chi connectivity index (χ4v) is 2.79. The Labute approximate surface area is 111 Å². The lowest BCUT2D eigenvalue weighted by Crippen LogP contribution is -2.54. The van der Waals surface area contributed by atoms with Crippen molar-refractivity contribution in [1.82, 2.24) is 10.6 Å². The summed E-state index contributed by atoms with van der Waals surface area (Å²) in [6.07, 6.45) is 4.57. The van der Waals surface area contributed by atoms with Gasteiger partial charge in [-0.1, -0.05) is 33.6 Å². The number of hydrogen-bond acceptors (Lipinski definition) is 3. The Morgan fingerprint density at radius 2 is 2.22 bits per heavy atom. The number of nitrogens with one attached hydrogen (secondary N) is 2. The van der Waals surface area contributed by atoms with Crippen LogP contribution in [0.5, 0.6) is 0 Å². The van der Waals surface area contributed by atoms with Crippen LogP contribution in [0.15, 0.2) is 0 Å². The molecule has 0 aliphatic heterocycles. The highest BCUT2D eigenvalue weighted by Crippen LogP contribution is 2.31. The largest absolute Gasteiger partial charge is 0.394 e. The Balaban J connectivity index is 2.39. The number of carbonyl (C=O) groups is 1. The lowest BCUT2D eigenvalue weighted by Gasteiger charge is -2.39. The standard InChI is InChI=1S/C14H28N2O2/c1-11(2)15-8-6-13(18)16-14(10-17)7-4-5-12(3)9-14/h11-12,15,17H,4-10H2,1-3H3,(H,16,18). The zero-order valence-electron chi connectivity index (χ0n) is 12.0. The minimum atomic E-state index is -0.368. The number of aliphatic hydroxyl groups is 1. The van der Waals surface area contributed by atoms with Crippen molar-refractivity contribution in [3.8, 4) is 0 Å². The predicted octanol–water partition coefficient (Wildman–Crippen LogP) is 1.43. The van der Waals surface area contributed by atoms with E-state index in [4.69, 9.17) is 0 Å². The van der Waals surface area contributed by atoms with Crippen molar-refractivity contribution in [2.45, 2.75) is 64.5 Å². The molecule has 0 bridgehead atoms. The van der Waals surface area contributed by atoms with E-state index in [1.165, 1.54) is 6.42 Å². The summed E-state index contributed by atoms with van der Waals surface area (Å²) in [7, 11) is 0. The third-order valence-electron chi connectivity index (χ3n) is 3.70. The first kappa shape index (κ1) is 15.4. The minimum absolute atomic E-state index is 0.0475. The van der Waals surface area contributed by atoms with E-state index < -0.39 is 0 Å². The molecule has 0 radical (unpaired) electrons. The third-order valence-corrected chi connectivity index (χ3v) is 3.70. The van der Waals surface area contributed by atoms with Crippen molar-refractivity contribution in [2.75, 3.05) is 13.2 Å². The number of rotatable bonds is 6. The molecule has 0 aromatic heterocycles. The molecule has 1 amide bonds. The second-order valence-corrected chi connectivity index (χ2v) is 6.05. The molecule has 4 nitrogen and oxygen atoms in total. The molecule has 1 fully saturated rings. The minimum Gasteiger partial charge on any atom is -0.394 e. The number of aliphatic hydroxyl groups excluding tert-OH is 1. The van der Waals surface area contributed by atoms with Gasteiger partial charge < -0.3 is 15.7 Å². The Kier molecular flexibility index (Phi) is 6.09. The van der Waals surface area contributed by atoms with Crippen molar-refractivity contribution in [1.29, 1.82) is 0 Å². The number of amides is 1. The van der Waals surface area contributed by atoms with Crippen molar-refractivity contribution in [2.24, 2.45) is 5.92 Å². The van der Waals surface area contributed by atoms with Crippen molar-refractivity contribution < 1.29 is 9.90 Å². The molecule has 4 heteroatoms. The first-order valence-electron chi connectivity index (χ1n) is 7.13. The van der Waals surface area contributed by atoms with Gasteiger partial charge in [0.1, 0.15) is 0 Å². The van der Waals surface area contributed by atoms with Crippen LogP contribution in [0.3, 0.4) is 0 Å². The van der Waals surface area contributed by atoms with Gasteiger partial charge >= 0.3 is 0 Å². The topological polar surface area (TPSA) is 61.4 Å². The van der Waals surface area contributed by atoms with Crippen LogP contribution in [0.2, 0.25) is 0 Å². The molecular formula is C14H28N2O2. The van der Waals surface area contributed by atoms with Crippen LogP contribution in [0, 0.1) is 5.92 Å². The van der Waals surface area contributed by atoms with E-state index >= 15 is 0 Å². The molecule has 0 aromatic rings. The summed E-state index contributed by atoms with van der Waals surface area (Å²) in [6.45, 7) is 7.07. The van der Waals surface area contributed by atoms with Crippen molar-refractivity contribution in [3.05, 3.63) is 0 Å². The highest BCUT2D eigenvalue weighted by Gasteiger charge is 2.35. The molecule has 18 heavy (non-hydrogen) atoms. The first-order chi connectivity index (χ1) is 8.47. The molecule has 1 rings (SSSR count). The van der Waals surface area contributed by atoms with Crippen molar-refractivity contribution >= 4 is 5.91 Å². The Hall–Kier alpha value is -0.610. The molecule has 0 saturated heterocycles. The lowest BCUT2D eigenvalue weighted by atomic mass is 9.77. The summed E-state index contributed by atoms with van der Waals surface area (Å²) in [6, 6.07) is 0.402. The van der Waals surface area contributed by atoms with Gasteiger partial charge in [-0.15, -0.1) is 0 Å². The summed E-state index contributed by atoms with van der Waals surface area (Å²) in [4.78, 5) is 11.9. The average Bonchev–Trinajstić information content (AvgIpc) is 2.28. The Morgan fingerprint density at radius 3 is 2.78 bits per heavy atom. The Bertz CT molecular complexity index is 269. The highest BCUT2D eigenvalue weighted by molar-refractivity contribution is 5.77. The highest BCUT2D eigenvalue weighted by atomic mass is 16.3. The van der Waals surface area contributed by atoms with Gasteiger partial charge in [0.15, 0.2) is 0 Å². The summed E-state index contributed by atoms with van der Waals surface area (Å²) in [5, 5.41) is 15.9. The maximum absolute atomic E-state index is 11.9. The molecule has 1 saturated carbocycles. The van der Waals surface area contributed by atoms with E-state index in [9.17, 15) is 9.90 Å². The van der Waals surface area contributed by atoms with Crippen molar-refractivity contribution in [3.63, 3.8) is 0 Å². The van der Waals surface area contributed by atoms with Crippen LogP contribution in [0.25, 0.3) is 0 Å². The van der Waals surface area contributed by atoms with E-state index in [0.717, 1.165) is 19.3 Å². The molecular weight excluding hydrogens is 228 g/mol. The number of carbonyl (C=O) groups excluding carboxylic acids is 1. The van der Waals surface area contributed by atoms with E-state index in [0.29, 0.717) is 24.9 Å². The lowest BCUT2D eigenvalue weighted by molar-refractivity contribution is -0.124. The van der Waals surface area contributed by atoms with Gasteiger partial charge in [-0.05, 0) is 18.8 Å². The summed E-state index contributed by atoms with van der Waals surface area (Å²) in [5.74, 6) is 0.631. The van der Waals surface area contributed by atoms with Gasteiger partial charge in [0, 0.05) is 19.0 Å². The molecule has 2 atom stereocenters. The van der Waals surface area contributed by atoms with E-state index in [1.807, 2.05) is 0 Å². The quantitative estimate of drug-likeness (QED) is 0.674. The molecule has 1 aliphatic carbocycles. The summed E-state index contributed by atoms with van der Waals surface area (Å²) >= 11 is 0. The average molecular weight is 256 g/mol. The second kappa shape index (κ2) is 7.10. The number of hydrogen-bond donors (Lipinski definition) is 3. The molecule has 106 valence electrons. The summed E-state index contributed by atoms with van der Waals surface area (Å²) in [5.41, 5.74) is -0.368. The molecule has 2 unspecified atom stereocenters. The van der Waals surface area contributed by atoms with Gasteiger partial charge in [-0.25, -0.2) is 0 Å². The first-order valence-corrected chi connectivity index (χ1v) is 7.13. The van der Waals surface area contributed by atoms with Crippen LogP contribution in [-0.2, 0) is 4.79 Å². The zero-order chi connectivity index (χ0) is 13.6. The van der Waals surface area contributed by atoms with Crippen LogP contribution in [0.4, 0.5) is 0 Å². The molecule has 0 spiro atoms. The van der Waals surface area contributed by atoms with Gasteiger partial charge in [0.2, 0.25) is 5.91 Å². The predicted molar refractivity (Wildman–Crippen MR) is 73.3 cm³/mol. The Morgan fingerprint density at radius 1 is 1.50 bits per heavy atom. The summed E-state index contributed by atoms with van der Waals surface area (Å²) < 4.78 is 0. The van der Waals surface area contributed by atoms with Crippen LogP contribution < -0.4 is 10.6 Å². The smallest absolute Gasteiger partial charge is 0.221 e. The van der Waals surface area contributed by atoms with Gasteiger partial charge in [-0.3, -0.25) is 4.79 Å². The van der Waals surface area contributed by atoms with Gasteiger partial charge in [0.25, 0.3) is 0 Å². The van der Waals surface area contributed by atoms with E-state index in [-0.39, 0.29) is 18.1 Å². The maximum atomic E-state index is 11.9.